The largest absolute Gasteiger partial charge is 0.488 e. The van der Waals surface area contributed by atoms with E-state index in [-0.39, 0.29) is 62.1 Å². The molecule has 0 spiro atoms. The van der Waals surface area contributed by atoms with Crippen LogP contribution in [-0.4, -0.2) is 116 Å². The monoisotopic (exact) mass is 869 g/mol. The number of amides is 5. The Kier molecular flexibility index (Phi) is 15.8. The molecule has 61 heavy (non-hydrogen) atoms. The summed E-state index contributed by atoms with van der Waals surface area (Å²) in [4.78, 5) is 99.7. The molecule has 2 aromatic heterocycles. The number of aryl methyl sites for hydroxylation is 1. The van der Waals surface area contributed by atoms with Crippen molar-refractivity contribution >= 4 is 54.1 Å². The molecule has 19 nitrogen and oxygen atoms in total. The number of H-pyrrole nitrogens is 1. The second kappa shape index (κ2) is 20.9. The van der Waals surface area contributed by atoms with Gasteiger partial charge in [0.25, 0.3) is 17.3 Å². The molecule has 328 valence electrons. The second-order valence-electron chi connectivity index (χ2n) is 14.8. The van der Waals surface area contributed by atoms with Crippen molar-refractivity contribution in [3.63, 3.8) is 0 Å². The van der Waals surface area contributed by atoms with Gasteiger partial charge in [0.05, 0.1) is 12.6 Å². The van der Waals surface area contributed by atoms with E-state index in [9.17, 15) is 43.1 Å². The SMILES string of the molecule is CC(=O)N(CC[C@H]1CCC(C(=O)NC(CCC(N)=O)COc2cccc(CCCOc3ccon3)c2F)N1C=O)CC(C)NC(=O)c1cc2cc(C(=O)P(=O)(O)O)ccc2[nH]1. The van der Waals surface area contributed by atoms with Crippen LogP contribution in [0.15, 0.2) is 59.3 Å². The average Bonchev–Trinajstić information content (AvgIpc) is 3.99. The predicted molar refractivity (Wildman–Crippen MR) is 216 cm³/mol. The molecule has 0 saturated carbocycles. The van der Waals surface area contributed by atoms with Crippen molar-refractivity contribution in [3.05, 3.63) is 77.4 Å². The summed E-state index contributed by atoms with van der Waals surface area (Å²) < 4.78 is 42.8. The number of nitrogens with two attached hydrogens (primary N) is 1. The molecule has 3 unspecified atom stereocenters. The Morgan fingerprint density at radius 3 is 2.61 bits per heavy atom. The van der Waals surface area contributed by atoms with Gasteiger partial charge in [-0.2, -0.15) is 0 Å². The number of nitrogens with zero attached hydrogens (tertiary/aromatic N) is 3. The summed E-state index contributed by atoms with van der Waals surface area (Å²) in [6.07, 6.45) is 3.92. The second-order valence-corrected chi connectivity index (χ2v) is 16.3. The summed E-state index contributed by atoms with van der Waals surface area (Å²) in [6, 6.07) is 9.12. The Morgan fingerprint density at radius 2 is 1.92 bits per heavy atom. The van der Waals surface area contributed by atoms with Gasteiger partial charge in [-0.05, 0) is 86.5 Å². The predicted octanol–water partition coefficient (Wildman–Crippen LogP) is 2.80. The van der Waals surface area contributed by atoms with Gasteiger partial charge >= 0.3 is 7.60 Å². The summed E-state index contributed by atoms with van der Waals surface area (Å²) in [5, 5.41) is 9.70. The highest BCUT2D eigenvalue weighted by molar-refractivity contribution is 7.70. The highest BCUT2D eigenvalue weighted by Gasteiger charge is 2.38. The number of aromatic amines is 1. The Balaban J connectivity index is 1.13. The number of benzene rings is 2. The number of carbonyl (C=O) groups excluding carboxylic acids is 6. The van der Waals surface area contributed by atoms with Gasteiger partial charge in [-0.25, -0.2) is 4.39 Å². The number of hydrogen-bond donors (Lipinski definition) is 6. The van der Waals surface area contributed by atoms with Gasteiger partial charge in [0.1, 0.15) is 24.6 Å². The lowest BCUT2D eigenvalue weighted by Gasteiger charge is -2.30. The molecule has 0 bridgehead atoms. The molecule has 1 aliphatic rings. The van der Waals surface area contributed by atoms with Crippen LogP contribution in [0.4, 0.5) is 4.39 Å². The first-order chi connectivity index (χ1) is 29.0. The quantitative estimate of drug-likeness (QED) is 0.0356. The van der Waals surface area contributed by atoms with E-state index < -0.39 is 60.8 Å². The van der Waals surface area contributed by atoms with Crippen LogP contribution in [-0.2, 0) is 30.2 Å². The Morgan fingerprint density at radius 1 is 1.13 bits per heavy atom. The van der Waals surface area contributed by atoms with Crippen molar-refractivity contribution in [1.82, 2.24) is 30.6 Å². The molecule has 1 aliphatic heterocycles. The minimum Gasteiger partial charge on any atom is -0.488 e. The van der Waals surface area contributed by atoms with Gasteiger partial charge < -0.3 is 54.9 Å². The lowest BCUT2D eigenvalue weighted by Crippen LogP contribution is -2.50. The van der Waals surface area contributed by atoms with Gasteiger partial charge in [-0.1, -0.05) is 12.1 Å². The summed E-state index contributed by atoms with van der Waals surface area (Å²) in [7, 11) is -5.00. The van der Waals surface area contributed by atoms with E-state index in [1.807, 2.05) is 0 Å². The molecule has 5 rings (SSSR count). The van der Waals surface area contributed by atoms with E-state index in [0.717, 1.165) is 0 Å². The molecular formula is C40H49FN7O12P. The smallest absolute Gasteiger partial charge is 0.396 e. The molecule has 5 amide bonds. The zero-order valence-electron chi connectivity index (χ0n) is 33.6. The number of primary amides is 1. The number of ether oxygens (including phenoxy) is 2. The number of carbonyl (C=O) groups is 6. The first-order valence-corrected chi connectivity index (χ1v) is 21.2. The first kappa shape index (κ1) is 46.0. The Labute approximate surface area is 349 Å². The topological polar surface area (TPSA) is 277 Å². The third-order valence-corrected chi connectivity index (χ3v) is 11.0. The van der Waals surface area contributed by atoms with Crippen molar-refractivity contribution in [2.45, 2.75) is 83.0 Å². The number of fused-ring (bicyclic) bond motifs is 1. The summed E-state index contributed by atoms with van der Waals surface area (Å²) in [5.74, 6) is -2.18. The van der Waals surface area contributed by atoms with E-state index in [4.69, 9.17) is 19.7 Å². The number of nitrogens with one attached hydrogen (secondary N) is 3. The van der Waals surface area contributed by atoms with Crippen LogP contribution in [0.5, 0.6) is 11.6 Å². The molecular weight excluding hydrogens is 820 g/mol. The van der Waals surface area contributed by atoms with Crippen LogP contribution >= 0.6 is 7.60 Å². The fourth-order valence-corrected chi connectivity index (χ4v) is 7.59. The van der Waals surface area contributed by atoms with Crippen LogP contribution in [0.25, 0.3) is 10.9 Å². The van der Waals surface area contributed by atoms with Crippen LogP contribution in [0, 0.1) is 5.82 Å². The minimum absolute atomic E-state index is 0.0408. The standard InChI is InChI=1S/C40H49FN7O12P/c1-24(43-38(52)32-20-28-19-27(8-11-31(28)45-32)40(54)61(55,56)57)21-47(25(2)50)16-14-30-10-12-33(48(30)23-49)39(53)44-29(9-13-35(42)51)22-59-34-7-3-5-26(37(34)41)6-4-17-58-36-15-18-60-46-36/h3,5,7-8,11,15,18-20,23-24,29-30,33,45H,4,6,9-10,12-14,16-17,21-22H2,1-2H3,(H2,42,51)(H,43,52)(H,44,53)(H2,55,56,57)/t24?,29?,30-,33?/m1/s1. The molecule has 7 N–H and O–H groups in total. The summed E-state index contributed by atoms with van der Waals surface area (Å²) in [6.45, 7) is 3.49. The van der Waals surface area contributed by atoms with E-state index in [1.54, 1.807) is 25.1 Å². The van der Waals surface area contributed by atoms with Gasteiger partial charge in [-0.15, -0.1) is 0 Å². The van der Waals surface area contributed by atoms with Crippen LogP contribution in [0.2, 0.25) is 0 Å². The van der Waals surface area contributed by atoms with Gasteiger partial charge in [0.15, 0.2) is 11.6 Å². The van der Waals surface area contributed by atoms with Gasteiger partial charge in [0, 0.05) is 61.1 Å². The summed E-state index contributed by atoms with van der Waals surface area (Å²) >= 11 is 0. The highest BCUT2D eigenvalue weighted by Crippen LogP contribution is 2.39. The zero-order chi connectivity index (χ0) is 44.3. The molecule has 1 saturated heterocycles. The first-order valence-electron chi connectivity index (χ1n) is 19.6. The van der Waals surface area contributed by atoms with E-state index >= 15 is 4.39 Å². The lowest BCUT2D eigenvalue weighted by molar-refractivity contribution is -0.133. The van der Waals surface area contributed by atoms with Crippen LogP contribution < -0.4 is 25.8 Å². The number of halogens is 1. The number of likely N-dealkylation sites (tertiary alicyclic amines) is 1. The molecule has 4 atom stereocenters. The molecule has 1 fully saturated rings. The van der Waals surface area contributed by atoms with Crippen LogP contribution in [0.1, 0.15) is 78.8 Å². The molecule has 0 radical (unpaired) electrons. The van der Waals surface area contributed by atoms with E-state index in [2.05, 4.69) is 20.8 Å². The molecule has 21 heteroatoms. The molecule has 4 aromatic rings. The number of aromatic nitrogens is 2. The van der Waals surface area contributed by atoms with E-state index in [0.29, 0.717) is 60.9 Å². The maximum atomic E-state index is 15.4. The highest BCUT2D eigenvalue weighted by atomic mass is 31.2. The molecule has 3 heterocycles. The Bertz CT molecular complexity index is 2250. The number of rotatable bonds is 23. The lowest BCUT2D eigenvalue weighted by atomic mass is 10.1. The fourth-order valence-electron chi connectivity index (χ4n) is 7.12. The maximum absolute atomic E-state index is 15.4. The van der Waals surface area contributed by atoms with E-state index in [1.165, 1.54) is 53.3 Å². The normalized spacial score (nSPS) is 16.1. The number of hydrogen-bond acceptors (Lipinski definition) is 11. The molecule has 0 aliphatic carbocycles. The molecule has 2 aromatic carbocycles. The van der Waals surface area contributed by atoms with Crippen LogP contribution in [0.3, 0.4) is 0 Å². The summed E-state index contributed by atoms with van der Waals surface area (Å²) in [5.41, 5.74) is 4.82. The van der Waals surface area contributed by atoms with Crippen molar-refractivity contribution in [2.24, 2.45) is 5.73 Å². The van der Waals surface area contributed by atoms with Gasteiger partial charge in [0.2, 0.25) is 24.1 Å². The third-order valence-electron chi connectivity index (χ3n) is 10.2. The van der Waals surface area contributed by atoms with Crippen molar-refractivity contribution < 1.29 is 61.5 Å². The van der Waals surface area contributed by atoms with Gasteiger partial charge in [-0.3, -0.25) is 33.3 Å². The fraction of sp³-hybridized carbons (Fsp3) is 0.425. The van der Waals surface area contributed by atoms with Crippen molar-refractivity contribution in [1.29, 1.82) is 0 Å². The average molecular weight is 870 g/mol. The zero-order valence-corrected chi connectivity index (χ0v) is 34.5. The Hall–Kier alpha value is -6.11. The minimum atomic E-state index is -5.00. The third kappa shape index (κ3) is 12.7. The van der Waals surface area contributed by atoms with Crippen molar-refractivity contribution in [2.75, 3.05) is 26.3 Å². The maximum Gasteiger partial charge on any atom is 0.396 e. The van der Waals surface area contributed by atoms with Crippen molar-refractivity contribution in [3.8, 4) is 11.6 Å².